The van der Waals surface area contributed by atoms with Gasteiger partial charge in [0.25, 0.3) is 0 Å². The molecule has 0 radical (unpaired) electrons. The van der Waals surface area contributed by atoms with Crippen LogP contribution in [0.1, 0.15) is 78.6 Å². The number of rotatable bonds is 3. The second kappa shape index (κ2) is 5.94. The lowest BCUT2D eigenvalue weighted by molar-refractivity contribution is -0.162. The van der Waals surface area contributed by atoms with Gasteiger partial charge >= 0.3 is 5.97 Å². The summed E-state index contributed by atoms with van der Waals surface area (Å²) < 4.78 is 6.00. The molecule has 0 spiro atoms. The van der Waals surface area contributed by atoms with Gasteiger partial charge in [0.05, 0.1) is 0 Å². The highest BCUT2D eigenvalue weighted by Crippen LogP contribution is 2.74. The monoisotopic (exact) mass is 370 g/mol. The first kappa shape index (κ1) is 17.9. The highest BCUT2D eigenvalue weighted by atomic mass is 16.5. The molecule has 4 saturated carbocycles. The molecule has 8 unspecified atom stereocenters. The summed E-state index contributed by atoms with van der Waals surface area (Å²) in [6.07, 6.45) is 11.6. The number of allylic oxidation sites excluding steroid dienone is 1. The highest BCUT2D eigenvalue weighted by Gasteiger charge is 2.68. The zero-order valence-corrected chi connectivity index (χ0v) is 17.1. The van der Waals surface area contributed by atoms with Crippen molar-refractivity contribution in [3.63, 3.8) is 0 Å². The normalized spacial score (nSPS) is 50.0. The third kappa shape index (κ3) is 2.32. The summed E-state index contributed by atoms with van der Waals surface area (Å²) in [4.78, 5) is 24.2. The van der Waals surface area contributed by atoms with E-state index in [0.29, 0.717) is 24.0 Å². The Kier molecular flexibility index (Phi) is 3.95. The van der Waals surface area contributed by atoms with E-state index in [1.54, 1.807) is 0 Å². The highest BCUT2D eigenvalue weighted by molar-refractivity contribution is 5.92. The molecule has 4 fully saturated rings. The van der Waals surface area contributed by atoms with Gasteiger partial charge in [-0.3, -0.25) is 9.59 Å². The first-order chi connectivity index (χ1) is 12.9. The van der Waals surface area contributed by atoms with Crippen molar-refractivity contribution in [2.24, 2.45) is 40.4 Å². The predicted molar refractivity (Wildman–Crippen MR) is 104 cm³/mol. The van der Waals surface area contributed by atoms with E-state index in [9.17, 15) is 9.59 Å². The van der Waals surface area contributed by atoms with E-state index < -0.39 is 0 Å². The van der Waals surface area contributed by atoms with Crippen molar-refractivity contribution in [3.8, 4) is 0 Å². The number of hydrogen-bond donors (Lipinski definition) is 0. The van der Waals surface area contributed by atoms with Crippen molar-refractivity contribution < 1.29 is 14.3 Å². The third-order valence-electron chi connectivity index (χ3n) is 9.61. The van der Waals surface area contributed by atoms with Gasteiger partial charge in [0.1, 0.15) is 6.10 Å². The van der Waals surface area contributed by atoms with Crippen molar-refractivity contribution in [3.05, 3.63) is 11.6 Å². The number of carbonyl (C=O) groups is 2. The zero-order valence-electron chi connectivity index (χ0n) is 17.1. The number of ether oxygens (including phenoxy) is 1. The van der Waals surface area contributed by atoms with Gasteiger partial charge in [-0.1, -0.05) is 26.3 Å². The van der Waals surface area contributed by atoms with Gasteiger partial charge < -0.3 is 4.74 Å². The topological polar surface area (TPSA) is 43.4 Å². The van der Waals surface area contributed by atoms with Crippen LogP contribution in [0.3, 0.4) is 0 Å². The second-order valence-corrected chi connectivity index (χ2v) is 10.3. The molecule has 0 aromatic carbocycles. The first-order valence-corrected chi connectivity index (χ1v) is 11.4. The molecule has 0 bridgehead atoms. The standard InChI is InChI=1S/C24H34O3/c1-4-21(26)27-20-7-6-18-22-16-13-15(16)19-12-14(25)8-10-23(19,3)17(22)9-11-24(18,20)5-2/h12,15-18,20,22H,4-11,13H2,1-3H3. The number of fused-ring (bicyclic) bond motifs is 8. The zero-order chi connectivity index (χ0) is 19.0. The summed E-state index contributed by atoms with van der Waals surface area (Å²) in [6.45, 7) is 6.70. The van der Waals surface area contributed by atoms with E-state index in [1.165, 1.54) is 31.3 Å². The van der Waals surface area contributed by atoms with Gasteiger partial charge in [-0.05, 0) is 86.0 Å². The summed E-state index contributed by atoms with van der Waals surface area (Å²) in [5.41, 5.74) is 1.97. The van der Waals surface area contributed by atoms with E-state index in [0.717, 1.165) is 43.4 Å². The molecule has 3 nitrogen and oxygen atoms in total. The minimum Gasteiger partial charge on any atom is -0.462 e. The fourth-order valence-corrected chi connectivity index (χ4v) is 8.25. The Balaban J connectivity index is 1.49. The minimum absolute atomic E-state index is 0.0217. The fraction of sp³-hybridized carbons (Fsp3) is 0.833. The molecular weight excluding hydrogens is 336 g/mol. The summed E-state index contributed by atoms with van der Waals surface area (Å²) in [6, 6.07) is 0. The predicted octanol–water partition coefficient (Wildman–Crippen LogP) is 5.09. The van der Waals surface area contributed by atoms with Crippen LogP contribution >= 0.6 is 0 Å². The van der Waals surface area contributed by atoms with Crippen LogP contribution in [0.2, 0.25) is 0 Å². The van der Waals surface area contributed by atoms with Crippen LogP contribution in [0, 0.1) is 40.4 Å². The average Bonchev–Trinajstić information content (AvgIpc) is 3.38. The maximum Gasteiger partial charge on any atom is 0.305 e. The van der Waals surface area contributed by atoms with Gasteiger partial charge in [0.2, 0.25) is 0 Å². The molecular formula is C24H34O3. The number of hydrogen-bond acceptors (Lipinski definition) is 3. The third-order valence-corrected chi connectivity index (χ3v) is 9.61. The molecule has 8 atom stereocenters. The number of ketones is 1. The SMILES string of the molecule is CCC(=O)OC1CCC2C3C4CC4C4=CC(=O)CCC4(C)C3CCC12CC. The minimum atomic E-state index is -0.0217. The first-order valence-electron chi connectivity index (χ1n) is 11.4. The molecule has 5 aliphatic rings. The lowest BCUT2D eigenvalue weighted by Crippen LogP contribution is -2.53. The molecule has 3 heteroatoms. The molecule has 0 saturated heterocycles. The second-order valence-electron chi connectivity index (χ2n) is 10.3. The lowest BCUT2D eigenvalue weighted by Gasteiger charge is -2.58. The summed E-state index contributed by atoms with van der Waals surface area (Å²) >= 11 is 0. The van der Waals surface area contributed by atoms with Crippen LogP contribution in [-0.4, -0.2) is 17.9 Å². The summed E-state index contributed by atoms with van der Waals surface area (Å²) in [5, 5.41) is 0. The van der Waals surface area contributed by atoms with Crippen molar-refractivity contribution in [2.75, 3.05) is 0 Å². The van der Waals surface area contributed by atoms with Gasteiger partial charge in [-0.2, -0.15) is 0 Å². The van der Waals surface area contributed by atoms with Crippen molar-refractivity contribution in [1.29, 1.82) is 0 Å². The van der Waals surface area contributed by atoms with Crippen LogP contribution in [0.15, 0.2) is 11.6 Å². The van der Waals surface area contributed by atoms with E-state index in [2.05, 4.69) is 13.8 Å². The van der Waals surface area contributed by atoms with Crippen LogP contribution in [0.5, 0.6) is 0 Å². The number of esters is 1. The Morgan fingerprint density at radius 2 is 2.00 bits per heavy atom. The van der Waals surface area contributed by atoms with Crippen LogP contribution < -0.4 is 0 Å². The molecule has 5 rings (SSSR count). The van der Waals surface area contributed by atoms with E-state index >= 15 is 0 Å². The largest absolute Gasteiger partial charge is 0.462 e. The van der Waals surface area contributed by atoms with E-state index in [4.69, 9.17) is 4.74 Å². The van der Waals surface area contributed by atoms with Crippen molar-refractivity contribution >= 4 is 11.8 Å². The Morgan fingerprint density at radius 1 is 1.19 bits per heavy atom. The average molecular weight is 371 g/mol. The Bertz CT molecular complexity index is 708. The molecule has 5 aliphatic carbocycles. The Labute approximate surface area is 163 Å². The molecule has 0 amide bonds. The fourth-order valence-electron chi connectivity index (χ4n) is 8.25. The van der Waals surface area contributed by atoms with Crippen molar-refractivity contribution in [2.45, 2.75) is 84.7 Å². The Hall–Kier alpha value is -1.12. The maximum absolute atomic E-state index is 12.1. The van der Waals surface area contributed by atoms with Gasteiger partial charge in [0, 0.05) is 18.3 Å². The molecule has 148 valence electrons. The van der Waals surface area contributed by atoms with Crippen LogP contribution in [-0.2, 0) is 14.3 Å². The quantitative estimate of drug-likeness (QED) is 0.650. The molecule has 0 aromatic heterocycles. The van der Waals surface area contributed by atoms with Crippen LogP contribution in [0.25, 0.3) is 0 Å². The van der Waals surface area contributed by atoms with Crippen LogP contribution in [0.4, 0.5) is 0 Å². The Morgan fingerprint density at radius 3 is 2.74 bits per heavy atom. The molecule has 0 aliphatic heterocycles. The molecule has 0 N–H and O–H groups in total. The molecule has 0 heterocycles. The maximum atomic E-state index is 12.1. The number of carbonyl (C=O) groups excluding carboxylic acids is 2. The smallest absolute Gasteiger partial charge is 0.305 e. The van der Waals surface area contributed by atoms with Gasteiger partial charge in [-0.25, -0.2) is 0 Å². The molecule has 27 heavy (non-hydrogen) atoms. The van der Waals surface area contributed by atoms with Gasteiger partial charge in [0.15, 0.2) is 5.78 Å². The van der Waals surface area contributed by atoms with E-state index in [1.807, 2.05) is 13.0 Å². The molecule has 0 aromatic rings. The lowest BCUT2D eigenvalue weighted by atomic mass is 9.46. The van der Waals surface area contributed by atoms with Crippen molar-refractivity contribution in [1.82, 2.24) is 0 Å². The summed E-state index contributed by atoms with van der Waals surface area (Å²) in [7, 11) is 0. The van der Waals surface area contributed by atoms with Gasteiger partial charge in [-0.15, -0.1) is 0 Å². The summed E-state index contributed by atoms with van der Waals surface area (Å²) in [5.74, 6) is 4.02. The van der Waals surface area contributed by atoms with E-state index in [-0.39, 0.29) is 22.9 Å².